The Labute approximate surface area is 148 Å². The Morgan fingerprint density at radius 1 is 1.33 bits per heavy atom. The Kier molecular flexibility index (Phi) is 5.27. The largest absolute Gasteiger partial charge is 0.350 e. The predicted molar refractivity (Wildman–Crippen MR) is 96.3 cm³/mol. The first-order valence-corrected chi connectivity index (χ1v) is 9.23. The number of aromatic nitrogens is 4. The summed E-state index contributed by atoms with van der Waals surface area (Å²) in [7, 11) is 1.90. The maximum Gasteiger partial charge on any atom is 0.263 e. The average molecular weight is 359 g/mol. The van der Waals surface area contributed by atoms with Gasteiger partial charge in [-0.1, -0.05) is 42.1 Å². The highest BCUT2D eigenvalue weighted by Crippen LogP contribution is 2.27. The first-order valence-electron chi connectivity index (χ1n) is 7.43. The molecular weight excluding hydrogens is 342 g/mol. The van der Waals surface area contributed by atoms with E-state index in [1.54, 1.807) is 18.1 Å². The van der Waals surface area contributed by atoms with E-state index in [-0.39, 0.29) is 5.91 Å². The number of benzene rings is 1. The van der Waals surface area contributed by atoms with E-state index < -0.39 is 0 Å². The maximum atomic E-state index is 12.5. The minimum absolute atomic E-state index is 0.0852. The molecule has 0 saturated carbocycles. The molecule has 2 heterocycles. The molecule has 8 heteroatoms. The molecule has 1 aromatic carbocycles. The average Bonchev–Trinajstić information content (AvgIpc) is 3.18. The summed E-state index contributed by atoms with van der Waals surface area (Å²) in [6.07, 6.45) is 1.66. The third kappa shape index (κ3) is 3.82. The number of hydrogen-bond donors (Lipinski definition) is 1. The van der Waals surface area contributed by atoms with Gasteiger partial charge in [-0.3, -0.25) is 4.79 Å². The summed E-state index contributed by atoms with van der Waals surface area (Å²) in [5.41, 5.74) is 1.71. The molecule has 2 aromatic heterocycles. The van der Waals surface area contributed by atoms with Crippen LogP contribution in [-0.2, 0) is 7.05 Å². The summed E-state index contributed by atoms with van der Waals surface area (Å²) < 4.78 is 1.85. The van der Waals surface area contributed by atoms with Crippen molar-refractivity contribution in [1.82, 2.24) is 25.1 Å². The molecule has 0 fully saturated rings. The fourth-order valence-electron chi connectivity index (χ4n) is 2.16. The van der Waals surface area contributed by atoms with E-state index in [1.165, 1.54) is 11.3 Å². The summed E-state index contributed by atoms with van der Waals surface area (Å²) in [5.74, 6) is 0.648. The van der Waals surface area contributed by atoms with Crippen molar-refractivity contribution < 1.29 is 4.79 Å². The number of thiazole rings is 1. The molecule has 0 spiro atoms. The second kappa shape index (κ2) is 7.59. The van der Waals surface area contributed by atoms with Crippen LogP contribution in [-0.4, -0.2) is 38.0 Å². The zero-order valence-corrected chi connectivity index (χ0v) is 15.0. The van der Waals surface area contributed by atoms with Crippen LogP contribution in [0, 0.1) is 6.92 Å². The summed E-state index contributed by atoms with van der Waals surface area (Å²) in [6.45, 7) is 2.47. The second-order valence-electron chi connectivity index (χ2n) is 5.11. The number of hydrogen-bond acceptors (Lipinski definition) is 6. The van der Waals surface area contributed by atoms with E-state index in [1.807, 2.05) is 48.9 Å². The highest BCUT2D eigenvalue weighted by atomic mass is 32.2. The molecule has 1 N–H and O–H groups in total. The van der Waals surface area contributed by atoms with Crippen molar-refractivity contribution in [2.75, 3.05) is 12.3 Å². The molecule has 0 aliphatic carbocycles. The number of nitrogens with zero attached hydrogens (tertiary/aromatic N) is 4. The third-order valence-electron chi connectivity index (χ3n) is 3.28. The second-order valence-corrected chi connectivity index (χ2v) is 7.37. The quantitative estimate of drug-likeness (QED) is 0.541. The van der Waals surface area contributed by atoms with E-state index in [0.717, 1.165) is 27.2 Å². The lowest BCUT2D eigenvalue weighted by Gasteiger charge is -2.05. The lowest BCUT2D eigenvalue weighted by molar-refractivity contribution is 0.0960. The molecular formula is C16H17N5OS2. The molecule has 6 nitrogen and oxygen atoms in total. The number of carbonyl (C=O) groups excluding carboxylic acids is 1. The molecule has 3 aromatic rings. The number of aryl methyl sites for hydroxylation is 2. The van der Waals surface area contributed by atoms with Crippen molar-refractivity contribution in [3.63, 3.8) is 0 Å². The van der Waals surface area contributed by atoms with Crippen LogP contribution in [0.5, 0.6) is 0 Å². The minimum atomic E-state index is -0.0852. The van der Waals surface area contributed by atoms with Crippen LogP contribution < -0.4 is 5.32 Å². The lowest BCUT2D eigenvalue weighted by Crippen LogP contribution is -2.25. The molecule has 24 heavy (non-hydrogen) atoms. The summed E-state index contributed by atoms with van der Waals surface area (Å²) in [5, 5.41) is 12.5. The Balaban J connectivity index is 1.62. The Morgan fingerprint density at radius 2 is 2.12 bits per heavy atom. The van der Waals surface area contributed by atoms with Crippen LogP contribution in [0.25, 0.3) is 11.3 Å². The summed E-state index contributed by atoms with van der Waals surface area (Å²) in [6, 6.07) is 9.78. The molecule has 0 saturated heterocycles. The summed E-state index contributed by atoms with van der Waals surface area (Å²) in [4.78, 5) is 17.7. The van der Waals surface area contributed by atoms with Gasteiger partial charge in [0.1, 0.15) is 11.2 Å². The van der Waals surface area contributed by atoms with Crippen LogP contribution in [0.3, 0.4) is 0 Å². The standard InChI is InChI=1S/C16H17N5OS2/c1-11-19-13(12-6-4-3-5-7-12)14(24-11)15(22)17-8-9-23-16-20-18-10-21(16)2/h3-7,10H,8-9H2,1-2H3,(H,17,22). The van der Waals surface area contributed by atoms with E-state index in [0.29, 0.717) is 11.4 Å². The highest BCUT2D eigenvalue weighted by Gasteiger charge is 2.17. The minimum Gasteiger partial charge on any atom is -0.350 e. The first kappa shape index (κ1) is 16.7. The van der Waals surface area contributed by atoms with Crippen molar-refractivity contribution >= 4 is 29.0 Å². The molecule has 1 amide bonds. The number of carbonyl (C=O) groups is 1. The third-order valence-corrected chi connectivity index (χ3v) is 5.28. The molecule has 0 atom stereocenters. The molecule has 0 unspecified atom stereocenters. The zero-order valence-electron chi connectivity index (χ0n) is 13.4. The SMILES string of the molecule is Cc1nc(-c2ccccc2)c(C(=O)NCCSc2nncn2C)s1. The van der Waals surface area contributed by atoms with Crippen LogP contribution in [0.4, 0.5) is 0 Å². The van der Waals surface area contributed by atoms with Gasteiger partial charge in [-0.2, -0.15) is 0 Å². The van der Waals surface area contributed by atoms with Gasteiger partial charge < -0.3 is 9.88 Å². The predicted octanol–water partition coefficient (Wildman–Crippen LogP) is 2.77. The molecule has 0 aliphatic rings. The smallest absolute Gasteiger partial charge is 0.263 e. The van der Waals surface area contributed by atoms with Gasteiger partial charge in [0.2, 0.25) is 0 Å². The van der Waals surface area contributed by atoms with Crippen molar-refractivity contribution in [2.24, 2.45) is 7.05 Å². The Morgan fingerprint density at radius 3 is 2.83 bits per heavy atom. The Bertz CT molecular complexity index is 828. The monoisotopic (exact) mass is 359 g/mol. The first-order chi connectivity index (χ1) is 11.6. The van der Waals surface area contributed by atoms with Gasteiger partial charge in [0.15, 0.2) is 5.16 Å². The van der Waals surface area contributed by atoms with Gasteiger partial charge >= 0.3 is 0 Å². The van der Waals surface area contributed by atoms with Crippen molar-refractivity contribution in [3.8, 4) is 11.3 Å². The number of amides is 1. The van der Waals surface area contributed by atoms with E-state index in [9.17, 15) is 4.79 Å². The number of thioether (sulfide) groups is 1. The Hall–Kier alpha value is -2.19. The van der Waals surface area contributed by atoms with Crippen LogP contribution >= 0.6 is 23.1 Å². The van der Waals surface area contributed by atoms with Crippen LogP contribution in [0.2, 0.25) is 0 Å². The summed E-state index contributed by atoms with van der Waals surface area (Å²) >= 11 is 2.98. The van der Waals surface area contributed by atoms with Crippen LogP contribution in [0.1, 0.15) is 14.7 Å². The van der Waals surface area contributed by atoms with Crippen molar-refractivity contribution in [2.45, 2.75) is 12.1 Å². The topological polar surface area (TPSA) is 72.7 Å². The molecule has 3 rings (SSSR count). The number of nitrogens with one attached hydrogen (secondary N) is 1. The molecule has 0 radical (unpaired) electrons. The fourth-order valence-corrected chi connectivity index (χ4v) is 3.76. The van der Waals surface area contributed by atoms with Gasteiger partial charge in [0.25, 0.3) is 5.91 Å². The molecule has 0 bridgehead atoms. The van der Waals surface area contributed by atoms with Gasteiger partial charge in [-0.15, -0.1) is 21.5 Å². The van der Waals surface area contributed by atoms with Crippen molar-refractivity contribution in [1.29, 1.82) is 0 Å². The van der Waals surface area contributed by atoms with E-state index >= 15 is 0 Å². The zero-order chi connectivity index (χ0) is 16.9. The van der Waals surface area contributed by atoms with Gasteiger partial charge in [-0.25, -0.2) is 4.98 Å². The number of rotatable bonds is 6. The van der Waals surface area contributed by atoms with Crippen LogP contribution in [0.15, 0.2) is 41.8 Å². The highest BCUT2D eigenvalue weighted by molar-refractivity contribution is 7.99. The maximum absolute atomic E-state index is 12.5. The van der Waals surface area contributed by atoms with E-state index in [4.69, 9.17) is 0 Å². The lowest BCUT2D eigenvalue weighted by atomic mass is 10.1. The van der Waals surface area contributed by atoms with Gasteiger partial charge in [0.05, 0.1) is 10.7 Å². The van der Waals surface area contributed by atoms with Gasteiger partial charge in [-0.05, 0) is 6.92 Å². The molecule has 0 aliphatic heterocycles. The fraction of sp³-hybridized carbons (Fsp3) is 0.250. The van der Waals surface area contributed by atoms with Gasteiger partial charge in [0, 0.05) is 24.9 Å². The molecule has 124 valence electrons. The van der Waals surface area contributed by atoms with Crippen molar-refractivity contribution in [3.05, 3.63) is 46.5 Å². The van der Waals surface area contributed by atoms with E-state index in [2.05, 4.69) is 20.5 Å². The normalized spacial score (nSPS) is 10.8.